The van der Waals surface area contributed by atoms with Crippen LogP contribution in [-0.2, 0) is 17.3 Å². The highest BCUT2D eigenvalue weighted by Crippen LogP contribution is 2.43. The molecule has 1 aliphatic rings. The fourth-order valence-electron chi connectivity index (χ4n) is 2.53. The molecule has 1 aliphatic carbocycles. The van der Waals surface area contributed by atoms with Crippen molar-refractivity contribution < 1.29 is 4.43 Å². The van der Waals surface area contributed by atoms with Crippen molar-refractivity contribution >= 4 is 8.32 Å². The van der Waals surface area contributed by atoms with Crippen molar-refractivity contribution in [2.24, 2.45) is 0 Å². The molecule has 0 radical (unpaired) electrons. The summed E-state index contributed by atoms with van der Waals surface area (Å²) in [6.45, 7) is 15.6. The summed E-state index contributed by atoms with van der Waals surface area (Å²) in [7, 11) is -1.77. The molecule has 0 spiro atoms. The highest BCUT2D eigenvalue weighted by atomic mass is 28.4. The Bertz CT molecular complexity index is 457. The first kappa shape index (κ1) is 14.5. The summed E-state index contributed by atoms with van der Waals surface area (Å²) in [4.78, 5) is 0. The van der Waals surface area contributed by atoms with E-state index in [1.165, 1.54) is 11.1 Å². The van der Waals surface area contributed by atoms with Crippen molar-refractivity contribution in [3.8, 4) is 0 Å². The number of fused-ring (bicyclic) bond motifs is 1. The van der Waals surface area contributed by atoms with Crippen LogP contribution in [0.5, 0.6) is 0 Å². The maximum absolute atomic E-state index is 6.70. The van der Waals surface area contributed by atoms with Crippen LogP contribution in [0, 0.1) is 0 Å². The fourth-order valence-corrected chi connectivity index (χ4v) is 4.08. The van der Waals surface area contributed by atoms with E-state index >= 15 is 0 Å². The molecule has 0 aromatic heterocycles. The SMILES string of the molecule is C=CC1(O[Si](C)(C)C(C)(C)C)Cc2ccccc2C1. The van der Waals surface area contributed by atoms with Gasteiger partial charge in [-0.1, -0.05) is 51.1 Å². The van der Waals surface area contributed by atoms with Gasteiger partial charge in [-0.2, -0.15) is 0 Å². The van der Waals surface area contributed by atoms with Crippen LogP contribution in [0.3, 0.4) is 0 Å². The highest BCUT2D eigenvalue weighted by Gasteiger charge is 2.45. The minimum Gasteiger partial charge on any atom is -0.407 e. The lowest BCUT2D eigenvalue weighted by atomic mass is 10.0. The van der Waals surface area contributed by atoms with E-state index in [2.05, 4.69) is 64.7 Å². The van der Waals surface area contributed by atoms with E-state index in [0.717, 1.165) is 12.8 Å². The van der Waals surface area contributed by atoms with Crippen molar-refractivity contribution in [2.45, 2.75) is 57.3 Å². The fraction of sp³-hybridized carbons (Fsp3) is 0.529. The van der Waals surface area contributed by atoms with Crippen molar-refractivity contribution in [2.75, 3.05) is 0 Å². The lowest BCUT2D eigenvalue weighted by Crippen LogP contribution is -2.49. The van der Waals surface area contributed by atoms with Crippen LogP contribution in [0.4, 0.5) is 0 Å². The summed E-state index contributed by atoms with van der Waals surface area (Å²) in [5.74, 6) is 0. The molecule has 0 aliphatic heterocycles. The minimum atomic E-state index is -1.77. The highest BCUT2D eigenvalue weighted by molar-refractivity contribution is 6.74. The van der Waals surface area contributed by atoms with Gasteiger partial charge in [-0.05, 0) is 29.3 Å². The molecular weight excluding hydrogens is 248 g/mol. The smallest absolute Gasteiger partial charge is 0.193 e. The van der Waals surface area contributed by atoms with E-state index < -0.39 is 8.32 Å². The molecule has 0 bridgehead atoms. The van der Waals surface area contributed by atoms with Crippen molar-refractivity contribution in [3.63, 3.8) is 0 Å². The molecule has 0 saturated carbocycles. The predicted octanol–water partition coefficient (Wildman–Crippen LogP) is 4.73. The van der Waals surface area contributed by atoms with Crippen molar-refractivity contribution in [1.29, 1.82) is 0 Å². The van der Waals surface area contributed by atoms with Crippen LogP contribution in [0.2, 0.25) is 18.1 Å². The lowest BCUT2D eigenvalue weighted by molar-refractivity contribution is 0.113. The molecule has 0 saturated heterocycles. The second kappa shape index (κ2) is 4.60. The summed E-state index contributed by atoms with van der Waals surface area (Å²) < 4.78 is 6.70. The maximum atomic E-state index is 6.70. The molecule has 1 aromatic rings. The zero-order valence-electron chi connectivity index (χ0n) is 12.9. The molecule has 19 heavy (non-hydrogen) atoms. The van der Waals surface area contributed by atoms with Crippen LogP contribution in [0.15, 0.2) is 36.9 Å². The number of hydrogen-bond acceptors (Lipinski definition) is 1. The molecule has 104 valence electrons. The zero-order chi connectivity index (χ0) is 14.3. The second-order valence-corrected chi connectivity index (χ2v) is 12.0. The number of hydrogen-bond donors (Lipinski definition) is 0. The molecule has 0 unspecified atom stereocenters. The third-order valence-corrected chi connectivity index (χ3v) is 9.26. The Labute approximate surface area is 118 Å². The van der Waals surface area contributed by atoms with E-state index in [0.29, 0.717) is 0 Å². The largest absolute Gasteiger partial charge is 0.407 e. The summed E-state index contributed by atoms with van der Waals surface area (Å²) in [5, 5.41) is 0.234. The molecule has 1 nitrogen and oxygen atoms in total. The molecule has 0 N–H and O–H groups in total. The van der Waals surface area contributed by atoms with E-state index in [1.54, 1.807) is 0 Å². The molecule has 0 atom stereocenters. The van der Waals surface area contributed by atoms with Crippen LogP contribution >= 0.6 is 0 Å². The average Bonchev–Trinajstić information content (AvgIpc) is 2.65. The summed E-state index contributed by atoms with van der Waals surface area (Å²) in [5.41, 5.74) is 2.65. The Kier molecular flexibility index (Phi) is 3.52. The number of benzene rings is 1. The van der Waals surface area contributed by atoms with E-state index in [1.807, 2.05) is 6.08 Å². The Hall–Kier alpha value is -0.863. The van der Waals surface area contributed by atoms with Gasteiger partial charge in [0.05, 0.1) is 5.60 Å². The Balaban J connectivity index is 2.27. The normalized spacial score (nSPS) is 18.2. The summed E-state index contributed by atoms with van der Waals surface area (Å²) in [6, 6.07) is 8.67. The maximum Gasteiger partial charge on any atom is 0.193 e. The van der Waals surface area contributed by atoms with Gasteiger partial charge >= 0.3 is 0 Å². The van der Waals surface area contributed by atoms with Gasteiger partial charge in [-0.15, -0.1) is 6.58 Å². The molecule has 1 aromatic carbocycles. The van der Waals surface area contributed by atoms with E-state index in [9.17, 15) is 0 Å². The lowest BCUT2D eigenvalue weighted by Gasteiger charge is -2.43. The monoisotopic (exact) mass is 274 g/mol. The first-order valence-corrected chi connectivity index (χ1v) is 10.0. The standard InChI is InChI=1S/C17H26OSi/c1-7-17(18-19(5,6)16(2,3)4)12-14-10-8-9-11-15(14)13-17/h7-11H,1,12-13H2,2-6H3. The van der Waals surface area contributed by atoms with Crippen LogP contribution in [0.1, 0.15) is 31.9 Å². The van der Waals surface area contributed by atoms with Crippen LogP contribution in [0.25, 0.3) is 0 Å². The van der Waals surface area contributed by atoms with Crippen molar-refractivity contribution in [3.05, 3.63) is 48.0 Å². The molecule has 0 amide bonds. The Morgan fingerprint density at radius 1 is 1.16 bits per heavy atom. The Morgan fingerprint density at radius 2 is 1.63 bits per heavy atom. The Morgan fingerprint density at radius 3 is 2.00 bits per heavy atom. The summed E-state index contributed by atoms with van der Waals surface area (Å²) >= 11 is 0. The topological polar surface area (TPSA) is 9.23 Å². The minimum absolute atomic E-state index is 0.188. The van der Waals surface area contributed by atoms with Gasteiger partial charge in [0.15, 0.2) is 8.32 Å². The first-order valence-electron chi connectivity index (χ1n) is 7.10. The molecular formula is C17H26OSi. The quantitative estimate of drug-likeness (QED) is 0.572. The van der Waals surface area contributed by atoms with Gasteiger partial charge < -0.3 is 4.43 Å². The van der Waals surface area contributed by atoms with E-state index in [4.69, 9.17) is 4.43 Å². The summed E-state index contributed by atoms with van der Waals surface area (Å²) in [6.07, 6.45) is 3.98. The third-order valence-electron chi connectivity index (χ3n) is 4.73. The van der Waals surface area contributed by atoms with Gasteiger partial charge in [-0.3, -0.25) is 0 Å². The van der Waals surface area contributed by atoms with Gasteiger partial charge in [0.1, 0.15) is 0 Å². The number of rotatable bonds is 3. The molecule has 2 rings (SSSR count). The van der Waals surface area contributed by atoms with Gasteiger partial charge in [0.25, 0.3) is 0 Å². The molecule has 0 fully saturated rings. The molecule has 0 heterocycles. The predicted molar refractivity (Wildman–Crippen MR) is 85.1 cm³/mol. The van der Waals surface area contributed by atoms with Crippen LogP contribution in [-0.4, -0.2) is 13.9 Å². The van der Waals surface area contributed by atoms with E-state index in [-0.39, 0.29) is 10.6 Å². The van der Waals surface area contributed by atoms with Crippen LogP contribution < -0.4 is 0 Å². The van der Waals surface area contributed by atoms with Crippen molar-refractivity contribution in [1.82, 2.24) is 0 Å². The first-order chi connectivity index (χ1) is 8.69. The van der Waals surface area contributed by atoms with Gasteiger partial charge in [0, 0.05) is 12.8 Å². The van der Waals surface area contributed by atoms with Gasteiger partial charge in [-0.25, -0.2) is 0 Å². The third kappa shape index (κ3) is 2.70. The second-order valence-electron chi connectivity index (χ2n) is 7.25. The van der Waals surface area contributed by atoms with Gasteiger partial charge in [0.2, 0.25) is 0 Å². The molecule has 2 heteroatoms. The zero-order valence-corrected chi connectivity index (χ0v) is 13.9. The average molecular weight is 274 g/mol.